The molecule has 6 nitrogen and oxygen atoms in total. The van der Waals surface area contributed by atoms with E-state index in [2.05, 4.69) is 39.2 Å². The van der Waals surface area contributed by atoms with Crippen molar-refractivity contribution in [1.29, 1.82) is 0 Å². The molecule has 3 aromatic heterocycles. The van der Waals surface area contributed by atoms with Crippen LogP contribution in [0.1, 0.15) is 18.7 Å². The summed E-state index contributed by atoms with van der Waals surface area (Å²) in [5.41, 5.74) is 1.99. The number of anilines is 2. The number of nitrogens with one attached hydrogen (secondary N) is 2. The Morgan fingerprint density at radius 1 is 1.26 bits per heavy atom. The van der Waals surface area contributed by atoms with Gasteiger partial charge >= 0.3 is 0 Å². The normalized spacial score (nSPS) is 11.1. The zero-order valence-electron chi connectivity index (χ0n) is 13.3. The zero-order valence-corrected chi connectivity index (χ0v) is 14.1. The summed E-state index contributed by atoms with van der Waals surface area (Å²) in [7, 11) is 0. The first-order valence-corrected chi connectivity index (χ1v) is 8.51. The number of thiazole rings is 1. The molecule has 3 rings (SSSR count). The van der Waals surface area contributed by atoms with Crippen molar-refractivity contribution in [2.75, 3.05) is 18.4 Å². The lowest BCUT2D eigenvalue weighted by atomic mass is 10.2. The van der Waals surface area contributed by atoms with Gasteiger partial charge in [0.1, 0.15) is 5.82 Å². The third-order valence-corrected chi connectivity index (χ3v) is 4.59. The Morgan fingerprint density at radius 3 is 2.78 bits per heavy atom. The highest BCUT2D eigenvalue weighted by Gasteiger charge is 2.16. The van der Waals surface area contributed by atoms with Gasteiger partial charge in [0, 0.05) is 29.4 Å². The van der Waals surface area contributed by atoms with Crippen molar-refractivity contribution in [2.45, 2.75) is 20.4 Å². The summed E-state index contributed by atoms with van der Waals surface area (Å²) < 4.78 is 0. The minimum Gasteiger partial charge on any atom is -0.316 e. The molecule has 0 amide bonds. The van der Waals surface area contributed by atoms with Crippen LogP contribution in [0.5, 0.6) is 0 Å². The summed E-state index contributed by atoms with van der Waals surface area (Å²) in [5.74, 6) is 0.800. The lowest BCUT2D eigenvalue weighted by molar-refractivity contribution is 0.298. The maximum absolute atomic E-state index is 4.75. The summed E-state index contributed by atoms with van der Waals surface area (Å²) in [4.78, 5) is 12.7. The number of rotatable bonds is 7. The quantitative estimate of drug-likeness (QED) is 0.694. The number of nitrogens with zero attached hydrogens (tertiary/aromatic N) is 4. The lowest BCUT2D eigenvalue weighted by Gasteiger charge is -2.17. The van der Waals surface area contributed by atoms with Crippen LogP contribution < -0.4 is 5.32 Å². The van der Waals surface area contributed by atoms with E-state index in [0.717, 1.165) is 41.8 Å². The second-order valence-corrected chi connectivity index (χ2v) is 6.16. The van der Waals surface area contributed by atoms with Gasteiger partial charge in [0.15, 0.2) is 5.13 Å². The highest BCUT2D eigenvalue weighted by Crippen LogP contribution is 2.32. The summed E-state index contributed by atoms with van der Waals surface area (Å²) in [6.45, 7) is 7.27. The average Bonchev–Trinajstić information content (AvgIpc) is 3.23. The molecule has 7 heteroatoms. The van der Waals surface area contributed by atoms with Crippen LogP contribution in [0.4, 0.5) is 10.9 Å². The first-order valence-electron chi connectivity index (χ1n) is 7.69. The molecule has 0 saturated carbocycles. The van der Waals surface area contributed by atoms with Gasteiger partial charge in [-0.05, 0) is 25.2 Å². The zero-order chi connectivity index (χ0) is 16.1. The predicted octanol–water partition coefficient (Wildman–Crippen LogP) is 3.51. The highest BCUT2D eigenvalue weighted by molar-refractivity contribution is 7.16. The summed E-state index contributed by atoms with van der Waals surface area (Å²) in [5, 5.41) is 11.0. The molecular weight excluding hydrogens is 308 g/mol. The topological polar surface area (TPSA) is 69.7 Å². The summed E-state index contributed by atoms with van der Waals surface area (Å²) in [6.07, 6.45) is 5.46. The van der Waals surface area contributed by atoms with E-state index in [0.29, 0.717) is 0 Å². The second-order valence-electron chi connectivity index (χ2n) is 5.08. The molecule has 0 atom stereocenters. The number of aromatic amines is 1. The fourth-order valence-electron chi connectivity index (χ4n) is 2.31. The molecule has 0 spiro atoms. The maximum Gasteiger partial charge on any atom is 0.189 e. The van der Waals surface area contributed by atoms with Gasteiger partial charge in [-0.15, -0.1) is 0 Å². The molecule has 0 aliphatic carbocycles. The average molecular weight is 328 g/mol. The van der Waals surface area contributed by atoms with E-state index in [4.69, 9.17) is 4.98 Å². The van der Waals surface area contributed by atoms with Crippen molar-refractivity contribution in [3.8, 4) is 11.3 Å². The number of H-pyrrole nitrogens is 1. The Kier molecular flexibility index (Phi) is 4.99. The standard InChI is InChI=1S/C16H20N6S/c1-3-22(4-2)11-13-15(12-9-18-19-10-12)21-16(23-13)20-14-7-5-6-8-17-14/h5-10H,3-4,11H2,1-2H3,(H,18,19)(H,17,20,21). The third-order valence-electron chi connectivity index (χ3n) is 3.63. The Balaban J connectivity index is 1.90. The molecule has 2 N–H and O–H groups in total. The molecular formula is C16H20N6S. The van der Waals surface area contributed by atoms with E-state index < -0.39 is 0 Å². The number of hydrogen-bond donors (Lipinski definition) is 2. The van der Waals surface area contributed by atoms with Crippen LogP contribution in [0.2, 0.25) is 0 Å². The highest BCUT2D eigenvalue weighted by atomic mass is 32.1. The Hall–Kier alpha value is -2.25. The fourth-order valence-corrected chi connectivity index (χ4v) is 3.35. The molecule has 23 heavy (non-hydrogen) atoms. The van der Waals surface area contributed by atoms with Gasteiger partial charge in [0.25, 0.3) is 0 Å². The number of pyridine rings is 1. The van der Waals surface area contributed by atoms with E-state index in [1.54, 1.807) is 17.5 Å². The largest absolute Gasteiger partial charge is 0.316 e. The lowest BCUT2D eigenvalue weighted by Crippen LogP contribution is -2.21. The van der Waals surface area contributed by atoms with E-state index >= 15 is 0 Å². The van der Waals surface area contributed by atoms with Gasteiger partial charge in [-0.3, -0.25) is 10.00 Å². The summed E-state index contributed by atoms with van der Waals surface area (Å²) in [6, 6.07) is 5.79. The molecule has 0 radical (unpaired) electrons. The monoisotopic (exact) mass is 328 g/mol. The van der Waals surface area contributed by atoms with Crippen LogP contribution in [-0.2, 0) is 6.54 Å². The van der Waals surface area contributed by atoms with Gasteiger partial charge in [0.2, 0.25) is 0 Å². The molecule has 0 bridgehead atoms. The Morgan fingerprint density at radius 2 is 2.13 bits per heavy atom. The minimum absolute atomic E-state index is 0.800. The van der Waals surface area contributed by atoms with Crippen LogP contribution in [0.3, 0.4) is 0 Å². The molecule has 0 aliphatic rings. The second kappa shape index (κ2) is 7.34. The predicted molar refractivity (Wildman–Crippen MR) is 93.8 cm³/mol. The van der Waals surface area contributed by atoms with Gasteiger partial charge in [0.05, 0.1) is 11.9 Å². The van der Waals surface area contributed by atoms with Gasteiger partial charge in [-0.2, -0.15) is 5.10 Å². The molecule has 3 aromatic rings. The van der Waals surface area contributed by atoms with Crippen LogP contribution in [0.25, 0.3) is 11.3 Å². The molecule has 120 valence electrons. The van der Waals surface area contributed by atoms with Crippen LogP contribution in [0.15, 0.2) is 36.8 Å². The van der Waals surface area contributed by atoms with Gasteiger partial charge in [-0.1, -0.05) is 31.3 Å². The summed E-state index contributed by atoms with van der Waals surface area (Å²) >= 11 is 1.67. The fraction of sp³-hybridized carbons (Fsp3) is 0.312. The molecule has 3 heterocycles. The molecule has 0 aromatic carbocycles. The van der Waals surface area contributed by atoms with Crippen molar-refractivity contribution in [3.63, 3.8) is 0 Å². The van der Waals surface area contributed by atoms with Gasteiger partial charge < -0.3 is 5.32 Å². The van der Waals surface area contributed by atoms with Crippen LogP contribution in [-0.4, -0.2) is 38.2 Å². The third kappa shape index (κ3) is 3.75. The first-order chi connectivity index (χ1) is 11.3. The number of aromatic nitrogens is 4. The van der Waals surface area contributed by atoms with Crippen molar-refractivity contribution < 1.29 is 0 Å². The van der Waals surface area contributed by atoms with Gasteiger partial charge in [-0.25, -0.2) is 9.97 Å². The van der Waals surface area contributed by atoms with Crippen molar-refractivity contribution in [1.82, 2.24) is 25.1 Å². The van der Waals surface area contributed by atoms with Crippen molar-refractivity contribution in [2.24, 2.45) is 0 Å². The van der Waals surface area contributed by atoms with E-state index in [9.17, 15) is 0 Å². The van der Waals surface area contributed by atoms with E-state index in [-0.39, 0.29) is 0 Å². The smallest absolute Gasteiger partial charge is 0.189 e. The Bertz CT molecular complexity index is 718. The SMILES string of the molecule is CCN(CC)Cc1sc(Nc2ccccn2)nc1-c1cn[nH]c1. The molecule has 0 aliphatic heterocycles. The molecule has 0 saturated heterocycles. The molecule has 0 unspecified atom stereocenters. The van der Waals surface area contributed by atoms with E-state index in [1.807, 2.05) is 30.6 Å². The van der Waals surface area contributed by atoms with Crippen molar-refractivity contribution >= 4 is 22.3 Å². The Labute approximate surface area is 139 Å². The van der Waals surface area contributed by atoms with Crippen molar-refractivity contribution in [3.05, 3.63) is 41.7 Å². The van der Waals surface area contributed by atoms with Crippen LogP contribution in [0, 0.1) is 0 Å². The maximum atomic E-state index is 4.75. The molecule has 0 fully saturated rings. The number of hydrogen-bond acceptors (Lipinski definition) is 6. The van der Waals surface area contributed by atoms with Crippen LogP contribution >= 0.6 is 11.3 Å². The van der Waals surface area contributed by atoms with E-state index in [1.165, 1.54) is 4.88 Å². The minimum atomic E-state index is 0.800. The first kappa shape index (κ1) is 15.6.